The van der Waals surface area contributed by atoms with Gasteiger partial charge < -0.3 is 15.7 Å². The van der Waals surface area contributed by atoms with Crippen LogP contribution in [0.4, 0.5) is 20.6 Å². The van der Waals surface area contributed by atoms with Gasteiger partial charge >= 0.3 is 6.03 Å². The van der Waals surface area contributed by atoms with Crippen LogP contribution in [0.25, 0.3) is 0 Å². The molecule has 0 fully saturated rings. The SMILES string of the molecule is N#Cc1cccc(NC(=O)Nc2ccc(O)c(F)c2)c1. The number of halogens is 1. The van der Waals surface area contributed by atoms with Gasteiger partial charge in [-0.3, -0.25) is 0 Å². The van der Waals surface area contributed by atoms with Crippen molar-refractivity contribution in [3.05, 3.63) is 53.8 Å². The van der Waals surface area contributed by atoms with E-state index in [1.165, 1.54) is 12.1 Å². The Balaban J connectivity index is 2.05. The lowest BCUT2D eigenvalue weighted by Gasteiger charge is -2.08. The van der Waals surface area contributed by atoms with E-state index in [1.807, 2.05) is 6.07 Å². The van der Waals surface area contributed by atoms with Gasteiger partial charge in [0.05, 0.1) is 11.6 Å². The number of urea groups is 1. The van der Waals surface area contributed by atoms with E-state index >= 15 is 0 Å². The van der Waals surface area contributed by atoms with Crippen molar-refractivity contribution in [1.29, 1.82) is 5.26 Å². The first-order valence-corrected chi connectivity index (χ1v) is 5.65. The van der Waals surface area contributed by atoms with Gasteiger partial charge in [-0.1, -0.05) is 6.07 Å². The average molecular weight is 271 g/mol. The minimum Gasteiger partial charge on any atom is -0.505 e. The van der Waals surface area contributed by atoms with Crippen LogP contribution in [0.15, 0.2) is 42.5 Å². The molecule has 5 nitrogen and oxygen atoms in total. The topological polar surface area (TPSA) is 85.2 Å². The molecule has 20 heavy (non-hydrogen) atoms. The third-order valence-corrected chi connectivity index (χ3v) is 2.46. The molecule has 0 aliphatic carbocycles. The number of hydrogen-bond acceptors (Lipinski definition) is 3. The normalized spacial score (nSPS) is 9.60. The summed E-state index contributed by atoms with van der Waals surface area (Å²) in [6.45, 7) is 0. The molecular weight excluding hydrogens is 261 g/mol. The number of amides is 2. The van der Waals surface area contributed by atoms with Crippen molar-refractivity contribution in [2.45, 2.75) is 0 Å². The van der Waals surface area contributed by atoms with Crippen molar-refractivity contribution < 1.29 is 14.3 Å². The summed E-state index contributed by atoms with van der Waals surface area (Å²) >= 11 is 0. The van der Waals surface area contributed by atoms with Crippen LogP contribution >= 0.6 is 0 Å². The molecule has 0 spiro atoms. The fourth-order valence-electron chi connectivity index (χ4n) is 1.54. The quantitative estimate of drug-likeness (QED) is 0.734. The first-order chi connectivity index (χ1) is 9.58. The fraction of sp³-hybridized carbons (Fsp3) is 0. The number of aromatic hydroxyl groups is 1. The van der Waals surface area contributed by atoms with Crippen molar-refractivity contribution in [2.75, 3.05) is 10.6 Å². The van der Waals surface area contributed by atoms with Crippen molar-refractivity contribution >= 4 is 17.4 Å². The highest BCUT2D eigenvalue weighted by atomic mass is 19.1. The lowest BCUT2D eigenvalue weighted by Crippen LogP contribution is -2.19. The molecule has 0 heterocycles. The third-order valence-electron chi connectivity index (χ3n) is 2.46. The van der Waals surface area contributed by atoms with E-state index in [-0.39, 0.29) is 5.69 Å². The Bertz CT molecular complexity index is 695. The molecule has 2 amide bonds. The molecule has 0 unspecified atom stereocenters. The second-order valence-corrected chi connectivity index (χ2v) is 3.94. The highest BCUT2D eigenvalue weighted by Gasteiger charge is 2.06. The zero-order chi connectivity index (χ0) is 14.5. The Morgan fingerprint density at radius 3 is 2.50 bits per heavy atom. The molecule has 0 aliphatic heterocycles. The molecule has 2 aromatic carbocycles. The second kappa shape index (κ2) is 5.71. The van der Waals surface area contributed by atoms with Gasteiger partial charge in [-0.05, 0) is 30.3 Å². The largest absolute Gasteiger partial charge is 0.505 e. The summed E-state index contributed by atoms with van der Waals surface area (Å²) in [5, 5.41) is 22.7. The molecule has 0 saturated heterocycles. The number of carbonyl (C=O) groups excluding carboxylic acids is 1. The molecular formula is C14H10FN3O2. The number of nitrogens with one attached hydrogen (secondary N) is 2. The molecule has 0 radical (unpaired) electrons. The third kappa shape index (κ3) is 3.23. The highest BCUT2D eigenvalue weighted by Crippen LogP contribution is 2.19. The summed E-state index contributed by atoms with van der Waals surface area (Å²) in [5.74, 6) is -1.31. The van der Waals surface area contributed by atoms with Crippen LogP contribution in [0, 0.1) is 17.1 Å². The molecule has 0 atom stereocenters. The zero-order valence-electron chi connectivity index (χ0n) is 10.2. The summed E-state index contributed by atoms with van der Waals surface area (Å²) in [4.78, 5) is 11.7. The lowest BCUT2D eigenvalue weighted by molar-refractivity contribution is 0.262. The standard InChI is InChI=1S/C14H10FN3O2/c15-12-7-11(4-5-13(12)19)18-14(20)17-10-3-1-2-9(6-10)8-16/h1-7,19H,(H2,17,18,20). The van der Waals surface area contributed by atoms with Crippen molar-refractivity contribution in [2.24, 2.45) is 0 Å². The number of carbonyl (C=O) groups is 1. The Morgan fingerprint density at radius 2 is 1.85 bits per heavy atom. The van der Waals surface area contributed by atoms with E-state index in [0.29, 0.717) is 11.3 Å². The summed E-state index contributed by atoms with van der Waals surface area (Å²) in [6.07, 6.45) is 0. The van der Waals surface area contributed by atoms with Crippen LogP contribution < -0.4 is 10.6 Å². The predicted molar refractivity (Wildman–Crippen MR) is 71.9 cm³/mol. The molecule has 0 bridgehead atoms. The van der Waals surface area contributed by atoms with E-state index in [0.717, 1.165) is 12.1 Å². The zero-order valence-corrected chi connectivity index (χ0v) is 10.2. The summed E-state index contributed by atoms with van der Waals surface area (Å²) in [6, 6.07) is 11.3. The Hall–Kier alpha value is -3.07. The van der Waals surface area contributed by atoms with Crippen LogP contribution in [0.5, 0.6) is 5.75 Å². The van der Waals surface area contributed by atoms with Gasteiger partial charge in [-0.15, -0.1) is 0 Å². The molecule has 0 aliphatic rings. The maximum atomic E-state index is 13.1. The van der Waals surface area contributed by atoms with Gasteiger partial charge in [-0.2, -0.15) is 5.26 Å². The lowest BCUT2D eigenvalue weighted by atomic mass is 10.2. The van der Waals surface area contributed by atoms with Gasteiger partial charge in [0.2, 0.25) is 0 Å². The fourth-order valence-corrected chi connectivity index (χ4v) is 1.54. The highest BCUT2D eigenvalue weighted by molar-refractivity contribution is 5.99. The molecule has 0 saturated carbocycles. The first-order valence-electron chi connectivity index (χ1n) is 5.65. The minimum absolute atomic E-state index is 0.203. The van der Waals surface area contributed by atoms with E-state index in [4.69, 9.17) is 10.4 Å². The van der Waals surface area contributed by atoms with Gasteiger partial charge in [0, 0.05) is 17.4 Å². The van der Waals surface area contributed by atoms with E-state index in [9.17, 15) is 9.18 Å². The Morgan fingerprint density at radius 1 is 1.15 bits per heavy atom. The van der Waals surface area contributed by atoms with Gasteiger partial charge in [0.15, 0.2) is 11.6 Å². The van der Waals surface area contributed by atoms with Gasteiger partial charge in [-0.25, -0.2) is 9.18 Å². The smallest absolute Gasteiger partial charge is 0.323 e. The number of hydrogen-bond donors (Lipinski definition) is 3. The van der Waals surface area contributed by atoms with Crippen LogP contribution in [-0.2, 0) is 0 Å². The number of benzene rings is 2. The number of anilines is 2. The number of phenols is 1. The van der Waals surface area contributed by atoms with E-state index in [2.05, 4.69) is 10.6 Å². The summed E-state index contributed by atoms with van der Waals surface area (Å²) in [7, 11) is 0. The number of nitrogens with zero attached hydrogens (tertiary/aromatic N) is 1. The number of phenolic OH excluding ortho intramolecular Hbond substituents is 1. The maximum absolute atomic E-state index is 13.1. The molecule has 2 rings (SSSR count). The number of rotatable bonds is 2. The van der Waals surface area contributed by atoms with E-state index < -0.39 is 17.6 Å². The van der Waals surface area contributed by atoms with Crippen molar-refractivity contribution in [3.8, 4) is 11.8 Å². The van der Waals surface area contributed by atoms with Crippen molar-refractivity contribution in [3.63, 3.8) is 0 Å². The predicted octanol–water partition coefficient (Wildman–Crippen LogP) is 3.05. The Labute approximate surface area is 114 Å². The Kier molecular flexibility index (Phi) is 3.82. The van der Waals surface area contributed by atoms with Crippen LogP contribution in [0.3, 0.4) is 0 Å². The van der Waals surface area contributed by atoms with Crippen LogP contribution in [0.2, 0.25) is 0 Å². The minimum atomic E-state index is -0.825. The summed E-state index contributed by atoms with van der Waals surface area (Å²) in [5.41, 5.74) is 1.06. The first kappa shape index (κ1) is 13.4. The average Bonchev–Trinajstić information content (AvgIpc) is 2.43. The number of nitriles is 1. The van der Waals surface area contributed by atoms with Gasteiger partial charge in [0.1, 0.15) is 0 Å². The maximum Gasteiger partial charge on any atom is 0.323 e. The molecule has 2 aromatic rings. The molecule has 6 heteroatoms. The van der Waals surface area contributed by atoms with Crippen molar-refractivity contribution in [1.82, 2.24) is 0 Å². The monoisotopic (exact) mass is 271 g/mol. The second-order valence-electron chi connectivity index (χ2n) is 3.94. The van der Waals surface area contributed by atoms with Crippen LogP contribution in [-0.4, -0.2) is 11.1 Å². The molecule has 100 valence electrons. The molecule has 3 N–H and O–H groups in total. The molecule has 0 aromatic heterocycles. The summed E-state index contributed by atoms with van der Waals surface area (Å²) < 4.78 is 13.1. The van der Waals surface area contributed by atoms with E-state index in [1.54, 1.807) is 18.2 Å². The van der Waals surface area contributed by atoms with Gasteiger partial charge in [0.25, 0.3) is 0 Å². The van der Waals surface area contributed by atoms with Crippen LogP contribution in [0.1, 0.15) is 5.56 Å².